The lowest BCUT2D eigenvalue weighted by Crippen LogP contribution is -2.52. The smallest absolute Gasteiger partial charge is 0.237 e. The van der Waals surface area contributed by atoms with Crippen LogP contribution in [0.1, 0.15) is 12.5 Å². The van der Waals surface area contributed by atoms with Crippen LogP contribution in [0.25, 0.3) is 0 Å². The van der Waals surface area contributed by atoms with Gasteiger partial charge in [-0.15, -0.1) is 0 Å². The van der Waals surface area contributed by atoms with Crippen LogP contribution < -0.4 is 10.6 Å². The summed E-state index contributed by atoms with van der Waals surface area (Å²) in [6.45, 7) is 6.55. The van der Waals surface area contributed by atoms with E-state index in [0.29, 0.717) is 6.54 Å². The standard InChI is InChI=1S/C15H23N3O/c1-13(18-11-9-16-10-12-18)15(19)17-8-7-14-5-3-2-4-6-14/h2-6,13,16H,7-12H2,1H3,(H,17,19). The monoisotopic (exact) mass is 261 g/mol. The van der Waals surface area contributed by atoms with Gasteiger partial charge in [-0.1, -0.05) is 30.3 Å². The maximum absolute atomic E-state index is 12.1. The van der Waals surface area contributed by atoms with E-state index >= 15 is 0 Å². The Balaban J connectivity index is 1.71. The molecule has 0 bridgehead atoms. The molecule has 2 rings (SSSR count). The summed E-state index contributed by atoms with van der Waals surface area (Å²) in [5.41, 5.74) is 1.26. The van der Waals surface area contributed by atoms with E-state index in [1.807, 2.05) is 25.1 Å². The van der Waals surface area contributed by atoms with Gasteiger partial charge in [0.25, 0.3) is 0 Å². The Morgan fingerprint density at radius 3 is 2.68 bits per heavy atom. The highest BCUT2D eigenvalue weighted by Gasteiger charge is 2.21. The predicted octanol–water partition coefficient (Wildman–Crippen LogP) is 0.639. The molecule has 4 heteroatoms. The van der Waals surface area contributed by atoms with E-state index in [9.17, 15) is 4.79 Å². The second kappa shape index (κ2) is 7.26. The third-order valence-electron chi connectivity index (χ3n) is 3.63. The molecule has 4 nitrogen and oxygen atoms in total. The topological polar surface area (TPSA) is 44.4 Å². The summed E-state index contributed by atoms with van der Waals surface area (Å²) in [5.74, 6) is 0.137. The summed E-state index contributed by atoms with van der Waals surface area (Å²) in [4.78, 5) is 14.3. The number of rotatable bonds is 5. The Morgan fingerprint density at radius 1 is 1.32 bits per heavy atom. The highest BCUT2D eigenvalue weighted by atomic mass is 16.2. The van der Waals surface area contributed by atoms with Gasteiger partial charge in [0, 0.05) is 32.7 Å². The minimum atomic E-state index is -0.0297. The van der Waals surface area contributed by atoms with Crippen LogP contribution in [0, 0.1) is 0 Å². The average molecular weight is 261 g/mol. The first-order valence-corrected chi connectivity index (χ1v) is 7.04. The average Bonchev–Trinajstić information content (AvgIpc) is 2.48. The molecule has 1 aliphatic heterocycles. The second-order valence-electron chi connectivity index (χ2n) is 4.99. The van der Waals surface area contributed by atoms with E-state index < -0.39 is 0 Å². The van der Waals surface area contributed by atoms with E-state index in [1.165, 1.54) is 5.56 Å². The first-order chi connectivity index (χ1) is 9.27. The van der Waals surface area contributed by atoms with Crippen molar-refractivity contribution in [3.8, 4) is 0 Å². The van der Waals surface area contributed by atoms with Gasteiger partial charge >= 0.3 is 0 Å². The summed E-state index contributed by atoms with van der Waals surface area (Å²) >= 11 is 0. The quantitative estimate of drug-likeness (QED) is 0.817. The zero-order valence-corrected chi connectivity index (χ0v) is 11.6. The molecule has 1 heterocycles. The van der Waals surface area contributed by atoms with Gasteiger partial charge < -0.3 is 10.6 Å². The Kier molecular flexibility index (Phi) is 5.36. The van der Waals surface area contributed by atoms with Crippen molar-refractivity contribution in [1.29, 1.82) is 0 Å². The van der Waals surface area contributed by atoms with Crippen molar-refractivity contribution in [3.05, 3.63) is 35.9 Å². The van der Waals surface area contributed by atoms with E-state index in [2.05, 4.69) is 27.7 Å². The van der Waals surface area contributed by atoms with Crippen LogP contribution >= 0.6 is 0 Å². The van der Waals surface area contributed by atoms with Crippen LogP contribution in [-0.4, -0.2) is 49.6 Å². The Bertz CT molecular complexity index is 388. The van der Waals surface area contributed by atoms with Crippen LogP contribution in [0.4, 0.5) is 0 Å². The third kappa shape index (κ3) is 4.33. The van der Waals surface area contributed by atoms with E-state index in [4.69, 9.17) is 0 Å². The molecule has 104 valence electrons. The van der Waals surface area contributed by atoms with Crippen LogP contribution in [0.5, 0.6) is 0 Å². The van der Waals surface area contributed by atoms with Crippen LogP contribution in [0.2, 0.25) is 0 Å². The summed E-state index contributed by atoms with van der Waals surface area (Å²) in [6.07, 6.45) is 0.890. The van der Waals surface area contributed by atoms with E-state index in [1.54, 1.807) is 0 Å². The van der Waals surface area contributed by atoms with Crippen molar-refractivity contribution in [2.24, 2.45) is 0 Å². The molecule has 2 N–H and O–H groups in total. The third-order valence-corrected chi connectivity index (χ3v) is 3.63. The molecule has 0 saturated carbocycles. The molecule has 1 aliphatic rings. The number of carbonyl (C=O) groups excluding carboxylic acids is 1. The summed E-state index contributed by atoms with van der Waals surface area (Å²) in [5, 5.41) is 6.33. The van der Waals surface area contributed by atoms with Gasteiger partial charge in [0.15, 0.2) is 0 Å². The summed E-state index contributed by atoms with van der Waals surface area (Å²) in [6, 6.07) is 10.2. The fraction of sp³-hybridized carbons (Fsp3) is 0.533. The maximum atomic E-state index is 12.1. The van der Waals surface area contributed by atoms with Crippen LogP contribution in [0.15, 0.2) is 30.3 Å². The van der Waals surface area contributed by atoms with Crippen molar-refractivity contribution in [3.63, 3.8) is 0 Å². The number of nitrogens with one attached hydrogen (secondary N) is 2. The number of piperazine rings is 1. The predicted molar refractivity (Wildman–Crippen MR) is 77.1 cm³/mol. The highest BCUT2D eigenvalue weighted by Crippen LogP contribution is 2.02. The second-order valence-corrected chi connectivity index (χ2v) is 4.99. The van der Waals surface area contributed by atoms with Crippen molar-refractivity contribution >= 4 is 5.91 Å². The van der Waals surface area contributed by atoms with Gasteiger partial charge in [0.1, 0.15) is 0 Å². The molecule has 1 aromatic carbocycles. The van der Waals surface area contributed by atoms with Crippen LogP contribution in [0.3, 0.4) is 0 Å². The fourth-order valence-corrected chi connectivity index (χ4v) is 2.36. The lowest BCUT2D eigenvalue weighted by Gasteiger charge is -2.31. The van der Waals surface area contributed by atoms with Gasteiger partial charge in [0.05, 0.1) is 6.04 Å². The normalized spacial score (nSPS) is 17.9. The van der Waals surface area contributed by atoms with Crippen molar-refractivity contribution in [1.82, 2.24) is 15.5 Å². The Morgan fingerprint density at radius 2 is 2.00 bits per heavy atom. The Hall–Kier alpha value is -1.39. The van der Waals surface area contributed by atoms with E-state index in [0.717, 1.165) is 32.6 Å². The maximum Gasteiger partial charge on any atom is 0.237 e. The largest absolute Gasteiger partial charge is 0.354 e. The van der Waals surface area contributed by atoms with Gasteiger partial charge in [0.2, 0.25) is 5.91 Å². The summed E-state index contributed by atoms with van der Waals surface area (Å²) in [7, 11) is 0. The number of hydrogen-bond donors (Lipinski definition) is 2. The number of hydrogen-bond acceptors (Lipinski definition) is 3. The van der Waals surface area contributed by atoms with Crippen molar-refractivity contribution < 1.29 is 4.79 Å². The van der Waals surface area contributed by atoms with Gasteiger partial charge in [-0.05, 0) is 18.9 Å². The van der Waals surface area contributed by atoms with Gasteiger partial charge in [-0.2, -0.15) is 0 Å². The molecule has 0 radical (unpaired) electrons. The molecule has 1 unspecified atom stereocenters. The molecule has 19 heavy (non-hydrogen) atoms. The minimum absolute atomic E-state index is 0.0297. The minimum Gasteiger partial charge on any atom is -0.354 e. The lowest BCUT2D eigenvalue weighted by atomic mass is 10.1. The number of nitrogens with zero attached hydrogens (tertiary/aromatic N) is 1. The first kappa shape index (κ1) is 14.0. The number of carbonyl (C=O) groups is 1. The van der Waals surface area contributed by atoms with E-state index in [-0.39, 0.29) is 11.9 Å². The zero-order chi connectivity index (χ0) is 13.5. The van der Waals surface area contributed by atoms with Gasteiger partial charge in [-0.25, -0.2) is 0 Å². The molecule has 1 aromatic rings. The molecular formula is C15H23N3O. The molecule has 1 saturated heterocycles. The molecule has 1 atom stereocenters. The van der Waals surface area contributed by atoms with Crippen LogP contribution in [-0.2, 0) is 11.2 Å². The zero-order valence-electron chi connectivity index (χ0n) is 11.6. The highest BCUT2D eigenvalue weighted by molar-refractivity contribution is 5.81. The molecule has 0 aromatic heterocycles. The molecule has 0 aliphatic carbocycles. The summed E-state index contributed by atoms with van der Waals surface area (Å²) < 4.78 is 0. The fourth-order valence-electron chi connectivity index (χ4n) is 2.36. The lowest BCUT2D eigenvalue weighted by molar-refractivity contribution is -0.126. The Labute approximate surface area is 115 Å². The van der Waals surface area contributed by atoms with Crippen molar-refractivity contribution in [2.45, 2.75) is 19.4 Å². The van der Waals surface area contributed by atoms with Crippen molar-refractivity contribution in [2.75, 3.05) is 32.7 Å². The number of benzene rings is 1. The SMILES string of the molecule is CC(C(=O)NCCc1ccccc1)N1CCNCC1. The first-order valence-electron chi connectivity index (χ1n) is 7.04. The molecule has 0 spiro atoms. The molecule has 1 amide bonds. The molecular weight excluding hydrogens is 238 g/mol. The number of amides is 1. The van der Waals surface area contributed by atoms with Gasteiger partial charge in [-0.3, -0.25) is 9.69 Å². The molecule has 1 fully saturated rings.